The Morgan fingerprint density at radius 2 is 2.04 bits per heavy atom. The number of nitrogens with zero attached hydrogens (tertiary/aromatic N) is 1. The second-order valence-corrected chi connectivity index (χ2v) is 5.56. The molecule has 1 amide bonds. The molecule has 0 saturated carbocycles. The van der Waals surface area contributed by atoms with E-state index in [1.54, 1.807) is 12.1 Å². The molecule has 2 aromatic rings. The number of likely N-dealkylation sites (N-methyl/N-ethyl adjacent to an activating group) is 1. The maximum absolute atomic E-state index is 13.7. The molecule has 0 spiro atoms. The molecule has 5 heteroatoms. The monoisotopic (exact) mass is 316 g/mol. The smallest absolute Gasteiger partial charge is 0.238 e. The van der Waals surface area contributed by atoms with Gasteiger partial charge < -0.3 is 10.1 Å². The van der Waals surface area contributed by atoms with Gasteiger partial charge in [-0.15, -0.1) is 0 Å². The number of benzene rings is 2. The molecule has 2 aromatic carbocycles. The van der Waals surface area contributed by atoms with Crippen LogP contribution in [-0.4, -0.2) is 31.5 Å². The number of hydrogen-bond acceptors (Lipinski definition) is 3. The minimum Gasteiger partial charge on any atom is -0.494 e. The minimum absolute atomic E-state index is 0.105. The number of carbonyl (C=O) groups excluding carboxylic acids is 1. The van der Waals surface area contributed by atoms with Crippen molar-refractivity contribution in [2.24, 2.45) is 0 Å². The van der Waals surface area contributed by atoms with Gasteiger partial charge in [0.1, 0.15) is 0 Å². The van der Waals surface area contributed by atoms with E-state index in [1.165, 1.54) is 13.2 Å². The quantitative estimate of drug-likeness (QED) is 0.890. The molecular weight excluding hydrogens is 295 g/mol. The lowest BCUT2D eigenvalue weighted by Gasteiger charge is -2.17. The van der Waals surface area contributed by atoms with Crippen LogP contribution in [0.5, 0.6) is 5.75 Å². The van der Waals surface area contributed by atoms with Crippen LogP contribution in [0, 0.1) is 12.7 Å². The summed E-state index contributed by atoms with van der Waals surface area (Å²) in [6, 6.07) is 12.4. The highest BCUT2D eigenvalue weighted by Gasteiger charge is 2.09. The van der Waals surface area contributed by atoms with E-state index in [1.807, 2.05) is 43.1 Å². The number of halogens is 1. The lowest BCUT2D eigenvalue weighted by atomic mass is 10.2. The van der Waals surface area contributed by atoms with Gasteiger partial charge in [0.2, 0.25) is 5.91 Å². The first-order valence-corrected chi connectivity index (χ1v) is 7.35. The molecule has 0 unspecified atom stereocenters. The molecule has 2 rings (SSSR count). The van der Waals surface area contributed by atoms with Crippen molar-refractivity contribution in [2.75, 3.05) is 26.0 Å². The largest absolute Gasteiger partial charge is 0.494 e. The van der Waals surface area contributed by atoms with E-state index in [0.717, 1.165) is 16.8 Å². The van der Waals surface area contributed by atoms with Crippen molar-refractivity contribution in [3.63, 3.8) is 0 Å². The Bertz CT molecular complexity index is 688. The molecule has 4 nitrogen and oxygen atoms in total. The average Bonchev–Trinajstić information content (AvgIpc) is 2.47. The van der Waals surface area contributed by atoms with Gasteiger partial charge in [-0.1, -0.05) is 18.2 Å². The highest BCUT2D eigenvalue weighted by Crippen LogP contribution is 2.18. The Kier molecular flexibility index (Phi) is 5.71. The van der Waals surface area contributed by atoms with Crippen molar-refractivity contribution in [3.05, 3.63) is 59.4 Å². The van der Waals surface area contributed by atoms with Gasteiger partial charge in [-0.05, 0) is 49.4 Å². The number of amides is 1. The van der Waals surface area contributed by atoms with Crippen molar-refractivity contribution in [2.45, 2.75) is 13.5 Å². The molecule has 23 heavy (non-hydrogen) atoms. The Labute approximate surface area is 135 Å². The first-order valence-electron chi connectivity index (χ1n) is 7.35. The van der Waals surface area contributed by atoms with Crippen LogP contribution in [0.3, 0.4) is 0 Å². The zero-order valence-corrected chi connectivity index (χ0v) is 13.6. The van der Waals surface area contributed by atoms with Crippen LogP contribution in [0.1, 0.15) is 11.1 Å². The van der Waals surface area contributed by atoms with Gasteiger partial charge in [0.25, 0.3) is 0 Å². The van der Waals surface area contributed by atoms with Crippen molar-refractivity contribution >= 4 is 11.6 Å². The third-order valence-corrected chi connectivity index (χ3v) is 3.38. The summed E-state index contributed by atoms with van der Waals surface area (Å²) < 4.78 is 18.6. The Morgan fingerprint density at radius 3 is 2.70 bits per heavy atom. The highest BCUT2D eigenvalue weighted by molar-refractivity contribution is 5.92. The van der Waals surface area contributed by atoms with E-state index < -0.39 is 5.82 Å². The molecule has 0 saturated heterocycles. The number of hydrogen-bond donors (Lipinski definition) is 1. The summed E-state index contributed by atoms with van der Waals surface area (Å²) >= 11 is 0. The number of ether oxygens (including phenoxy) is 1. The van der Waals surface area contributed by atoms with Crippen LogP contribution in [0.15, 0.2) is 42.5 Å². The second kappa shape index (κ2) is 7.74. The van der Waals surface area contributed by atoms with E-state index >= 15 is 0 Å². The summed E-state index contributed by atoms with van der Waals surface area (Å²) in [7, 11) is 3.25. The predicted molar refractivity (Wildman–Crippen MR) is 89.1 cm³/mol. The standard InChI is InChI=1S/C18H21FN2O2/c1-13-5-4-6-15(9-13)20-18(22)12-21(2)11-14-7-8-17(23-3)16(19)10-14/h4-10H,11-12H2,1-3H3,(H,20,22). The van der Waals surface area contributed by atoms with Crippen molar-refractivity contribution in [1.29, 1.82) is 0 Å². The Balaban J connectivity index is 1.90. The van der Waals surface area contributed by atoms with E-state index in [-0.39, 0.29) is 18.2 Å². The van der Waals surface area contributed by atoms with E-state index in [4.69, 9.17) is 4.74 Å². The number of anilines is 1. The summed E-state index contributed by atoms with van der Waals surface area (Å²) in [6.07, 6.45) is 0. The fourth-order valence-corrected chi connectivity index (χ4v) is 2.34. The molecule has 0 atom stereocenters. The lowest BCUT2D eigenvalue weighted by Crippen LogP contribution is -2.29. The number of methoxy groups -OCH3 is 1. The van der Waals surface area contributed by atoms with Gasteiger partial charge >= 0.3 is 0 Å². The van der Waals surface area contributed by atoms with Gasteiger partial charge in [-0.2, -0.15) is 0 Å². The summed E-state index contributed by atoms with van der Waals surface area (Å²) in [5.41, 5.74) is 2.65. The van der Waals surface area contributed by atoms with Crippen LogP contribution in [0.4, 0.5) is 10.1 Å². The molecule has 1 N–H and O–H groups in total. The fraction of sp³-hybridized carbons (Fsp3) is 0.278. The van der Waals surface area contributed by atoms with Crippen LogP contribution in [0.25, 0.3) is 0 Å². The summed E-state index contributed by atoms with van der Waals surface area (Å²) in [4.78, 5) is 13.9. The molecule has 0 bridgehead atoms. The van der Waals surface area contributed by atoms with Crippen LogP contribution < -0.4 is 10.1 Å². The molecule has 0 aliphatic carbocycles. The average molecular weight is 316 g/mol. The Hall–Kier alpha value is -2.40. The molecule has 0 aromatic heterocycles. The van der Waals surface area contributed by atoms with Crippen LogP contribution in [-0.2, 0) is 11.3 Å². The molecule has 0 aliphatic heterocycles. The maximum Gasteiger partial charge on any atom is 0.238 e. The van der Waals surface area contributed by atoms with E-state index in [0.29, 0.717) is 6.54 Å². The zero-order valence-electron chi connectivity index (χ0n) is 13.6. The fourth-order valence-electron chi connectivity index (χ4n) is 2.34. The summed E-state index contributed by atoms with van der Waals surface area (Å²) in [5, 5.41) is 2.85. The van der Waals surface area contributed by atoms with Crippen LogP contribution >= 0.6 is 0 Å². The normalized spacial score (nSPS) is 10.7. The van der Waals surface area contributed by atoms with Gasteiger partial charge in [0.05, 0.1) is 13.7 Å². The predicted octanol–water partition coefficient (Wildman–Crippen LogP) is 3.21. The van der Waals surface area contributed by atoms with Gasteiger partial charge in [0, 0.05) is 12.2 Å². The maximum atomic E-state index is 13.7. The zero-order chi connectivity index (χ0) is 16.8. The molecule has 122 valence electrons. The lowest BCUT2D eigenvalue weighted by molar-refractivity contribution is -0.117. The van der Waals surface area contributed by atoms with Gasteiger partial charge in [-0.3, -0.25) is 9.69 Å². The van der Waals surface area contributed by atoms with E-state index in [9.17, 15) is 9.18 Å². The van der Waals surface area contributed by atoms with Gasteiger partial charge in [-0.25, -0.2) is 4.39 Å². The first-order chi connectivity index (χ1) is 11.0. The topological polar surface area (TPSA) is 41.6 Å². The van der Waals surface area contributed by atoms with Crippen LogP contribution in [0.2, 0.25) is 0 Å². The number of carbonyl (C=O) groups is 1. The Morgan fingerprint density at radius 1 is 1.26 bits per heavy atom. The van der Waals surface area contributed by atoms with Crippen molar-refractivity contribution < 1.29 is 13.9 Å². The summed E-state index contributed by atoms with van der Waals surface area (Å²) in [6.45, 7) is 2.67. The number of rotatable bonds is 6. The van der Waals surface area contributed by atoms with Crippen molar-refractivity contribution in [3.8, 4) is 5.75 Å². The number of nitrogens with one attached hydrogen (secondary N) is 1. The molecule has 0 aliphatic rings. The third kappa shape index (κ3) is 5.07. The molecule has 0 radical (unpaired) electrons. The van der Waals surface area contributed by atoms with Gasteiger partial charge in [0.15, 0.2) is 11.6 Å². The third-order valence-electron chi connectivity index (χ3n) is 3.38. The summed E-state index contributed by atoms with van der Waals surface area (Å²) in [5.74, 6) is -0.289. The van der Waals surface area contributed by atoms with Crippen molar-refractivity contribution in [1.82, 2.24) is 4.90 Å². The minimum atomic E-state index is -0.400. The molecule has 0 heterocycles. The molecular formula is C18H21FN2O2. The molecule has 0 fully saturated rings. The van der Waals surface area contributed by atoms with E-state index in [2.05, 4.69) is 5.32 Å². The first kappa shape index (κ1) is 17.0. The second-order valence-electron chi connectivity index (χ2n) is 5.56. The number of aryl methyl sites for hydroxylation is 1. The highest BCUT2D eigenvalue weighted by atomic mass is 19.1. The SMILES string of the molecule is COc1ccc(CN(C)CC(=O)Nc2cccc(C)c2)cc1F.